The number of hydrogen-bond donors (Lipinski definition) is 0. The fourth-order valence-corrected chi connectivity index (χ4v) is 8.51. The highest BCUT2D eigenvalue weighted by atomic mass is 19.4. The molecule has 0 amide bonds. The zero-order valence-corrected chi connectivity index (χ0v) is 31.5. The number of para-hydroxylation sites is 3. The van der Waals surface area contributed by atoms with E-state index in [2.05, 4.69) is 27.6 Å². The number of fused-ring (bicyclic) bond motifs is 6. The quantitative estimate of drug-likeness (QED) is 0.163. The van der Waals surface area contributed by atoms with E-state index >= 15 is 13.2 Å². The molecule has 0 saturated heterocycles. The lowest BCUT2D eigenvalue weighted by Crippen LogP contribution is -2.12. The summed E-state index contributed by atoms with van der Waals surface area (Å²) < 4.78 is 50.4. The number of alkyl halides is 3. The summed E-state index contributed by atoms with van der Waals surface area (Å²) in [5.74, 6) is 0. The lowest BCUT2D eigenvalue weighted by Gasteiger charge is -2.22. The summed E-state index contributed by atoms with van der Waals surface area (Å²) in [6, 6.07) is 55.6. The summed E-state index contributed by atoms with van der Waals surface area (Å²) in [6.45, 7) is 8.00. The van der Waals surface area contributed by atoms with Crippen LogP contribution in [0.3, 0.4) is 0 Å². The normalized spacial score (nSPS) is 11.5. The van der Waals surface area contributed by atoms with Gasteiger partial charge in [0.25, 0.3) is 0 Å². The first-order valence-electron chi connectivity index (χ1n) is 19.1. The Labute approximate surface area is 342 Å². The van der Waals surface area contributed by atoms with Crippen LogP contribution in [0.4, 0.5) is 18.9 Å². The molecule has 8 aromatic carbocycles. The number of aromatic nitrogens is 2. The molecule has 5 nitrogen and oxygen atoms in total. The average Bonchev–Trinajstić information content (AvgIpc) is 3.80. The van der Waals surface area contributed by atoms with Crippen molar-refractivity contribution in [3.63, 3.8) is 0 Å². The molecule has 0 saturated carbocycles. The number of nitriles is 2. The van der Waals surface area contributed by atoms with Crippen LogP contribution in [0.1, 0.15) is 16.7 Å². The van der Waals surface area contributed by atoms with E-state index in [4.69, 9.17) is 6.57 Å². The maximum Gasteiger partial charge on any atom is 0.418 e. The van der Waals surface area contributed by atoms with Gasteiger partial charge < -0.3 is 9.13 Å². The minimum Gasteiger partial charge on any atom is -0.309 e. The lowest BCUT2D eigenvalue weighted by molar-refractivity contribution is -0.137. The average molecular weight is 780 g/mol. The third-order valence-corrected chi connectivity index (χ3v) is 11.2. The number of benzene rings is 8. The molecule has 10 rings (SSSR count). The Morgan fingerprint density at radius 2 is 0.967 bits per heavy atom. The molecule has 0 aliphatic carbocycles. The van der Waals surface area contributed by atoms with Crippen LogP contribution in [-0.4, -0.2) is 9.13 Å². The van der Waals surface area contributed by atoms with Crippen LogP contribution in [-0.2, 0) is 6.18 Å². The first-order valence-corrected chi connectivity index (χ1v) is 19.1. The number of halogens is 3. The molecule has 8 heteroatoms. The van der Waals surface area contributed by atoms with Crippen LogP contribution in [0.25, 0.3) is 93.2 Å². The predicted molar refractivity (Wildman–Crippen MR) is 232 cm³/mol. The molecule has 10 aromatic rings. The molecule has 2 aromatic heterocycles. The maximum absolute atomic E-state index is 15.5. The van der Waals surface area contributed by atoms with Gasteiger partial charge in [0.05, 0.1) is 68.8 Å². The molecule has 60 heavy (non-hydrogen) atoms. The summed E-state index contributed by atoms with van der Waals surface area (Å²) in [7, 11) is 0. The van der Waals surface area contributed by atoms with Crippen LogP contribution in [0.15, 0.2) is 170 Å². The molecule has 0 spiro atoms. The van der Waals surface area contributed by atoms with E-state index in [0.29, 0.717) is 39.0 Å². The lowest BCUT2D eigenvalue weighted by atomic mass is 9.96. The Hall–Kier alpha value is -8.38. The van der Waals surface area contributed by atoms with Gasteiger partial charge in [0.15, 0.2) is 5.69 Å². The van der Waals surface area contributed by atoms with Crippen molar-refractivity contribution in [2.75, 3.05) is 0 Å². The Morgan fingerprint density at radius 1 is 0.467 bits per heavy atom. The standard InChI is InChI=1S/C52H28F3N5/c1-58-38-23-26-49(59-46-11-4-2-7-39(46)42-27-36(21-24-48(42)59)34-17-13-32(30-56)14-18-34)44(29-38)41-9-6-10-45(52(53,54)55)51(41)60-47-12-5-3-8-40(47)43-28-37(22-25-50(43)60)35-19-15-33(31-57)16-20-35/h2-29H. The van der Waals surface area contributed by atoms with Crippen molar-refractivity contribution in [2.45, 2.75) is 6.18 Å². The summed E-state index contributed by atoms with van der Waals surface area (Å²) in [5, 5.41) is 22.2. The molecule has 282 valence electrons. The third kappa shape index (κ3) is 5.77. The van der Waals surface area contributed by atoms with Crippen molar-refractivity contribution in [1.29, 1.82) is 10.5 Å². The highest BCUT2D eigenvalue weighted by Gasteiger charge is 2.36. The molecule has 0 atom stereocenters. The van der Waals surface area contributed by atoms with Crippen molar-refractivity contribution in [3.8, 4) is 56.9 Å². The summed E-state index contributed by atoms with van der Waals surface area (Å²) >= 11 is 0. The van der Waals surface area contributed by atoms with Gasteiger partial charge in [0.1, 0.15) is 0 Å². The van der Waals surface area contributed by atoms with E-state index in [1.165, 1.54) is 6.07 Å². The minimum atomic E-state index is -4.74. The third-order valence-electron chi connectivity index (χ3n) is 11.2. The van der Waals surface area contributed by atoms with Crippen LogP contribution >= 0.6 is 0 Å². The summed E-state index contributed by atoms with van der Waals surface area (Å²) in [5.41, 5.74) is 8.41. The molecule has 0 N–H and O–H groups in total. The molecule has 2 heterocycles. The molecule has 0 unspecified atom stereocenters. The highest BCUT2D eigenvalue weighted by Crippen LogP contribution is 2.47. The molecule has 0 aliphatic rings. The van der Waals surface area contributed by atoms with E-state index in [-0.39, 0.29) is 11.4 Å². The molecule has 0 fully saturated rings. The van der Waals surface area contributed by atoms with Gasteiger partial charge in [-0.05, 0) is 107 Å². The van der Waals surface area contributed by atoms with Crippen molar-refractivity contribution in [3.05, 3.63) is 198 Å². The Morgan fingerprint density at radius 3 is 1.50 bits per heavy atom. The van der Waals surface area contributed by atoms with Gasteiger partial charge in [-0.2, -0.15) is 23.7 Å². The van der Waals surface area contributed by atoms with E-state index < -0.39 is 11.7 Å². The maximum atomic E-state index is 15.5. The Bertz CT molecular complexity index is 3500. The van der Waals surface area contributed by atoms with Crippen LogP contribution in [0.2, 0.25) is 0 Å². The predicted octanol–water partition coefficient (Wildman–Crippen LogP) is 14.2. The monoisotopic (exact) mass is 779 g/mol. The number of hydrogen-bond acceptors (Lipinski definition) is 2. The largest absolute Gasteiger partial charge is 0.418 e. The Balaban J connectivity index is 1.26. The Kier molecular flexibility index (Phi) is 8.35. The second kappa shape index (κ2) is 13.9. The molecular weight excluding hydrogens is 752 g/mol. The number of rotatable bonds is 5. The minimum absolute atomic E-state index is 0.0467. The van der Waals surface area contributed by atoms with Crippen LogP contribution in [0.5, 0.6) is 0 Å². The van der Waals surface area contributed by atoms with Gasteiger partial charge in [-0.3, -0.25) is 0 Å². The fourth-order valence-electron chi connectivity index (χ4n) is 8.51. The van der Waals surface area contributed by atoms with Crippen molar-refractivity contribution < 1.29 is 13.2 Å². The van der Waals surface area contributed by atoms with E-state index in [9.17, 15) is 10.5 Å². The van der Waals surface area contributed by atoms with Gasteiger partial charge in [-0.1, -0.05) is 91.0 Å². The van der Waals surface area contributed by atoms with Gasteiger partial charge in [0.2, 0.25) is 0 Å². The van der Waals surface area contributed by atoms with Gasteiger partial charge in [-0.15, -0.1) is 0 Å². The second-order valence-electron chi connectivity index (χ2n) is 14.6. The zero-order chi connectivity index (χ0) is 41.1. The van der Waals surface area contributed by atoms with Gasteiger partial charge in [-0.25, -0.2) is 4.85 Å². The van der Waals surface area contributed by atoms with Crippen molar-refractivity contribution in [2.24, 2.45) is 0 Å². The summed E-state index contributed by atoms with van der Waals surface area (Å²) in [4.78, 5) is 3.75. The number of nitrogens with zero attached hydrogens (tertiary/aromatic N) is 5. The summed E-state index contributed by atoms with van der Waals surface area (Å²) in [6.07, 6.45) is -4.74. The first kappa shape index (κ1) is 36.0. The van der Waals surface area contributed by atoms with E-state index in [1.807, 2.05) is 109 Å². The van der Waals surface area contributed by atoms with Gasteiger partial charge in [0, 0.05) is 27.1 Å². The fraction of sp³-hybridized carbons (Fsp3) is 0.0192. The van der Waals surface area contributed by atoms with E-state index in [1.54, 1.807) is 47.0 Å². The topological polar surface area (TPSA) is 61.8 Å². The first-order chi connectivity index (χ1) is 29.2. The van der Waals surface area contributed by atoms with Crippen LogP contribution in [0, 0.1) is 29.2 Å². The van der Waals surface area contributed by atoms with E-state index in [0.717, 1.165) is 60.9 Å². The zero-order valence-electron chi connectivity index (χ0n) is 31.5. The molecule has 0 bridgehead atoms. The molecular formula is C52H28F3N5. The van der Waals surface area contributed by atoms with Crippen molar-refractivity contribution >= 4 is 49.3 Å². The molecule has 0 aliphatic heterocycles. The molecule has 0 radical (unpaired) electrons. The van der Waals surface area contributed by atoms with Gasteiger partial charge >= 0.3 is 6.18 Å². The smallest absolute Gasteiger partial charge is 0.309 e. The second-order valence-corrected chi connectivity index (χ2v) is 14.6. The van der Waals surface area contributed by atoms with Crippen LogP contribution < -0.4 is 0 Å². The van der Waals surface area contributed by atoms with Crippen molar-refractivity contribution in [1.82, 2.24) is 9.13 Å². The highest BCUT2D eigenvalue weighted by molar-refractivity contribution is 6.13. The SMILES string of the molecule is [C-]#[N+]c1ccc(-n2c3ccccc3c3cc(-c4ccc(C#N)cc4)ccc32)c(-c2cccc(C(F)(F)F)c2-n2c3ccccc3c3cc(-c4ccc(C#N)cc4)ccc32)c1.